The molecule has 0 spiro atoms. The summed E-state index contributed by atoms with van der Waals surface area (Å²) >= 11 is 0. The summed E-state index contributed by atoms with van der Waals surface area (Å²) in [5.74, 6) is 0.555. The summed E-state index contributed by atoms with van der Waals surface area (Å²) in [6.45, 7) is 9.26. The summed E-state index contributed by atoms with van der Waals surface area (Å²) in [6, 6.07) is 2.00. The van der Waals surface area contributed by atoms with E-state index in [0.717, 1.165) is 40.8 Å². The van der Waals surface area contributed by atoms with Crippen molar-refractivity contribution in [2.45, 2.75) is 58.2 Å². The van der Waals surface area contributed by atoms with Crippen molar-refractivity contribution < 1.29 is 9.53 Å². The van der Waals surface area contributed by atoms with Gasteiger partial charge in [-0.05, 0) is 46.6 Å². The third kappa shape index (κ3) is 2.92. The Morgan fingerprint density at radius 1 is 1.36 bits per heavy atom. The number of carbonyl (C=O) groups is 1. The van der Waals surface area contributed by atoms with Crippen molar-refractivity contribution in [3.8, 4) is 0 Å². The molecule has 6 heteroatoms. The summed E-state index contributed by atoms with van der Waals surface area (Å²) in [7, 11) is 1.90. The Kier molecular flexibility index (Phi) is 3.65. The second kappa shape index (κ2) is 5.53. The van der Waals surface area contributed by atoms with E-state index in [1.54, 1.807) is 4.68 Å². The average molecular weight is 342 g/mol. The number of ether oxygens (including phenoxy) is 1. The molecule has 2 aliphatic rings. The molecule has 6 nitrogen and oxygen atoms in total. The second-order valence-corrected chi connectivity index (χ2v) is 8.15. The summed E-state index contributed by atoms with van der Waals surface area (Å²) < 4.78 is 7.75. The second-order valence-electron chi connectivity index (χ2n) is 8.15. The molecule has 1 atom stereocenters. The number of nitrogens with zero attached hydrogens (tertiary/aromatic N) is 4. The average Bonchev–Trinajstić information content (AvgIpc) is 3.31. The number of aryl methyl sites for hydroxylation is 2. The zero-order valence-corrected chi connectivity index (χ0v) is 15.7. The summed E-state index contributed by atoms with van der Waals surface area (Å²) in [6.07, 6.45) is 2.35. The largest absolute Gasteiger partial charge is 0.369 e. The lowest BCUT2D eigenvalue weighted by molar-refractivity contribution is -0.118. The maximum Gasteiger partial charge on any atom is 0.254 e. The van der Waals surface area contributed by atoms with Crippen LogP contribution in [0, 0.1) is 6.92 Å². The van der Waals surface area contributed by atoms with Gasteiger partial charge in [0.1, 0.15) is 0 Å². The zero-order chi connectivity index (χ0) is 17.9. The Bertz CT molecular complexity index is 851. The number of rotatable bonds is 2. The predicted molar refractivity (Wildman–Crippen MR) is 95.8 cm³/mol. The van der Waals surface area contributed by atoms with Gasteiger partial charge in [0.15, 0.2) is 5.65 Å². The van der Waals surface area contributed by atoms with Crippen molar-refractivity contribution in [3.05, 3.63) is 23.0 Å². The molecule has 2 fully saturated rings. The fourth-order valence-electron chi connectivity index (χ4n) is 4.00. The lowest BCUT2D eigenvalue weighted by atomic mass is 10.0. The lowest BCUT2D eigenvalue weighted by Gasteiger charge is -2.41. The Balaban J connectivity index is 1.80. The maximum absolute atomic E-state index is 13.4. The summed E-state index contributed by atoms with van der Waals surface area (Å²) in [5, 5.41) is 5.38. The number of amides is 1. The van der Waals surface area contributed by atoms with Gasteiger partial charge in [-0.25, -0.2) is 4.98 Å². The normalized spacial score (nSPS) is 23.2. The minimum Gasteiger partial charge on any atom is -0.369 e. The van der Waals surface area contributed by atoms with E-state index in [2.05, 4.69) is 5.10 Å². The first-order valence-electron chi connectivity index (χ1n) is 9.06. The van der Waals surface area contributed by atoms with Gasteiger partial charge in [-0.2, -0.15) is 5.10 Å². The monoisotopic (exact) mass is 342 g/mol. The van der Waals surface area contributed by atoms with Crippen molar-refractivity contribution in [2.24, 2.45) is 7.05 Å². The van der Waals surface area contributed by atoms with Crippen LogP contribution in [0.15, 0.2) is 6.07 Å². The molecular formula is C19H26N4O2. The highest BCUT2D eigenvalue weighted by Gasteiger charge is 2.36. The molecule has 1 saturated heterocycles. The first-order valence-corrected chi connectivity index (χ1v) is 9.06. The number of pyridine rings is 1. The molecule has 0 aromatic carbocycles. The highest BCUT2D eigenvalue weighted by atomic mass is 16.5. The van der Waals surface area contributed by atoms with Gasteiger partial charge in [0, 0.05) is 31.7 Å². The van der Waals surface area contributed by atoms with Crippen molar-refractivity contribution in [3.63, 3.8) is 0 Å². The maximum atomic E-state index is 13.4. The van der Waals surface area contributed by atoms with Gasteiger partial charge in [-0.1, -0.05) is 0 Å². The molecule has 1 unspecified atom stereocenters. The van der Waals surface area contributed by atoms with Crippen molar-refractivity contribution in [1.29, 1.82) is 0 Å². The first-order chi connectivity index (χ1) is 11.7. The van der Waals surface area contributed by atoms with Gasteiger partial charge in [-0.15, -0.1) is 0 Å². The summed E-state index contributed by atoms with van der Waals surface area (Å²) in [4.78, 5) is 20.1. The third-order valence-electron chi connectivity index (χ3n) is 5.07. The van der Waals surface area contributed by atoms with E-state index in [1.807, 2.05) is 45.7 Å². The van der Waals surface area contributed by atoms with Gasteiger partial charge < -0.3 is 9.64 Å². The van der Waals surface area contributed by atoms with E-state index < -0.39 is 0 Å². The van der Waals surface area contributed by atoms with Crippen LogP contribution in [0.25, 0.3) is 11.0 Å². The molecule has 1 aliphatic carbocycles. The minimum absolute atomic E-state index is 0.0305. The zero-order valence-electron chi connectivity index (χ0n) is 15.7. The van der Waals surface area contributed by atoms with Crippen LogP contribution < -0.4 is 0 Å². The number of fused-ring (bicyclic) bond motifs is 1. The van der Waals surface area contributed by atoms with E-state index in [1.165, 1.54) is 0 Å². The molecular weight excluding hydrogens is 316 g/mol. The van der Waals surface area contributed by atoms with E-state index in [-0.39, 0.29) is 17.6 Å². The number of morpholine rings is 1. The third-order valence-corrected chi connectivity index (χ3v) is 5.07. The Hall–Kier alpha value is -1.95. The quantitative estimate of drug-likeness (QED) is 0.842. The standard InChI is InChI=1S/C19H26N4O2/c1-11-9-23(10-19(3,4)25-11)18(24)14-8-15(13-6-7-13)20-17-16(14)12(2)21-22(17)5/h8,11,13H,6-7,9-10H2,1-5H3. The molecule has 1 aliphatic heterocycles. The minimum atomic E-state index is -0.331. The Morgan fingerprint density at radius 3 is 2.72 bits per heavy atom. The molecule has 1 saturated carbocycles. The van der Waals surface area contributed by atoms with E-state index in [9.17, 15) is 4.79 Å². The topological polar surface area (TPSA) is 60.2 Å². The number of carbonyl (C=O) groups excluding carboxylic acids is 1. The van der Waals surface area contributed by atoms with Crippen LogP contribution in [0.2, 0.25) is 0 Å². The molecule has 0 bridgehead atoms. The van der Waals surface area contributed by atoms with Gasteiger partial charge in [0.25, 0.3) is 5.91 Å². The van der Waals surface area contributed by atoms with Crippen LogP contribution in [0.3, 0.4) is 0 Å². The number of aromatic nitrogens is 3. The predicted octanol–water partition coefficient (Wildman–Crippen LogP) is 2.79. The molecule has 0 radical (unpaired) electrons. The van der Waals surface area contributed by atoms with E-state index in [0.29, 0.717) is 19.0 Å². The Labute approximate surface area is 148 Å². The SMILES string of the molecule is Cc1nn(C)c2nc(C3CC3)cc(C(=O)N3CC(C)OC(C)(C)C3)c12. The summed E-state index contributed by atoms with van der Waals surface area (Å²) in [5.41, 5.74) is 3.10. The molecule has 2 aromatic heterocycles. The van der Waals surface area contributed by atoms with Gasteiger partial charge >= 0.3 is 0 Å². The van der Waals surface area contributed by atoms with Crippen LogP contribution >= 0.6 is 0 Å². The molecule has 25 heavy (non-hydrogen) atoms. The first kappa shape index (κ1) is 16.5. The highest BCUT2D eigenvalue weighted by Crippen LogP contribution is 2.40. The highest BCUT2D eigenvalue weighted by molar-refractivity contribution is 6.06. The van der Waals surface area contributed by atoms with Gasteiger partial charge in [0.2, 0.25) is 0 Å². The number of hydrogen-bond acceptors (Lipinski definition) is 4. The molecule has 2 aromatic rings. The van der Waals surface area contributed by atoms with Crippen molar-refractivity contribution in [1.82, 2.24) is 19.7 Å². The van der Waals surface area contributed by atoms with Gasteiger partial charge in [0.05, 0.1) is 28.3 Å². The number of hydrogen-bond donors (Lipinski definition) is 0. The molecule has 0 N–H and O–H groups in total. The van der Waals surface area contributed by atoms with Gasteiger partial charge in [-0.3, -0.25) is 9.48 Å². The lowest BCUT2D eigenvalue weighted by Crippen LogP contribution is -2.53. The molecule has 134 valence electrons. The van der Waals surface area contributed by atoms with Crippen LogP contribution in [0.5, 0.6) is 0 Å². The fraction of sp³-hybridized carbons (Fsp3) is 0.632. The molecule has 1 amide bonds. The molecule has 4 rings (SSSR count). The smallest absolute Gasteiger partial charge is 0.254 e. The van der Waals surface area contributed by atoms with Crippen LogP contribution in [-0.4, -0.2) is 50.4 Å². The Morgan fingerprint density at radius 2 is 2.08 bits per heavy atom. The fourth-order valence-corrected chi connectivity index (χ4v) is 4.00. The van der Waals surface area contributed by atoms with Crippen molar-refractivity contribution >= 4 is 16.9 Å². The van der Waals surface area contributed by atoms with E-state index in [4.69, 9.17) is 9.72 Å². The van der Waals surface area contributed by atoms with Crippen LogP contribution in [-0.2, 0) is 11.8 Å². The van der Waals surface area contributed by atoms with Crippen LogP contribution in [0.4, 0.5) is 0 Å². The van der Waals surface area contributed by atoms with Crippen molar-refractivity contribution in [2.75, 3.05) is 13.1 Å². The molecule has 3 heterocycles. The van der Waals surface area contributed by atoms with Crippen LogP contribution in [0.1, 0.15) is 61.3 Å². The van der Waals surface area contributed by atoms with E-state index >= 15 is 0 Å².